The summed E-state index contributed by atoms with van der Waals surface area (Å²) in [4.78, 5) is 16.1. The molecule has 9 heteroatoms. The molecule has 1 amide bonds. The molecule has 3 aliphatic rings. The van der Waals surface area contributed by atoms with Crippen molar-refractivity contribution in [3.8, 4) is 11.1 Å². The number of ether oxygens (including phenoxy) is 1. The maximum Gasteiger partial charge on any atom is 0.219 e. The van der Waals surface area contributed by atoms with Gasteiger partial charge in [0.15, 0.2) is 0 Å². The number of aliphatic hydroxyl groups excluding tert-OH is 1. The van der Waals surface area contributed by atoms with E-state index in [-0.39, 0.29) is 17.9 Å². The van der Waals surface area contributed by atoms with Crippen molar-refractivity contribution in [1.29, 1.82) is 5.41 Å². The molecule has 1 unspecified atom stereocenters. The molecule has 0 spiro atoms. The van der Waals surface area contributed by atoms with Crippen molar-refractivity contribution < 1.29 is 14.6 Å². The van der Waals surface area contributed by atoms with Gasteiger partial charge in [0, 0.05) is 74.7 Å². The highest BCUT2D eigenvalue weighted by molar-refractivity contribution is 6.09. The zero-order valence-electron chi connectivity index (χ0n) is 20.9. The predicted molar refractivity (Wildman–Crippen MR) is 139 cm³/mol. The van der Waals surface area contributed by atoms with Crippen molar-refractivity contribution in [2.45, 2.75) is 38.1 Å². The van der Waals surface area contributed by atoms with Gasteiger partial charge in [-0.05, 0) is 42.2 Å². The van der Waals surface area contributed by atoms with Crippen molar-refractivity contribution in [1.82, 2.24) is 20.0 Å². The first-order valence-corrected chi connectivity index (χ1v) is 12.6. The number of aliphatic hydroxyl groups is 1. The average Bonchev–Trinajstić information content (AvgIpc) is 3.55. The Hall–Kier alpha value is -3.59. The quantitative estimate of drug-likeness (QED) is 0.337. The molecular weight excluding hydrogens is 456 g/mol. The summed E-state index contributed by atoms with van der Waals surface area (Å²) < 4.78 is 7.33. The molecular formula is C27H34N6O3. The summed E-state index contributed by atoms with van der Waals surface area (Å²) in [5, 5.41) is 26.8. The van der Waals surface area contributed by atoms with E-state index in [4.69, 9.17) is 4.74 Å². The maximum absolute atomic E-state index is 12.2. The normalized spacial score (nSPS) is 22.3. The lowest BCUT2D eigenvalue weighted by atomic mass is 9.87. The molecule has 36 heavy (non-hydrogen) atoms. The number of amidine groups is 1. The third-order valence-electron chi connectivity index (χ3n) is 7.39. The first-order valence-electron chi connectivity index (χ1n) is 12.6. The van der Waals surface area contributed by atoms with Crippen LogP contribution in [-0.4, -0.2) is 70.4 Å². The zero-order valence-corrected chi connectivity index (χ0v) is 20.9. The predicted octanol–water partition coefficient (Wildman–Crippen LogP) is 3.31. The van der Waals surface area contributed by atoms with Crippen LogP contribution in [0.15, 0.2) is 54.2 Å². The lowest BCUT2D eigenvalue weighted by Gasteiger charge is -2.39. The van der Waals surface area contributed by atoms with E-state index in [9.17, 15) is 15.3 Å². The highest BCUT2D eigenvalue weighted by Crippen LogP contribution is 2.40. The Kier molecular flexibility index (Phi) is 6.82. The van der Waals surface area contributed by atoms with E-state index < -0.39 is 0 Å². The lowest BCUT2D eigenvalue weighted by Crippen LogP contribution is -2.46. The minimum Gasteiger partial charge on any atom is -0.516 e. The monoisotopic (exact) mass is 490 g/mol. The number of carbonyl (C=O) groups is 1. The van der Waals surface area contributed by atoms with Crippen LogP contribution in [-0.2, 0) is 16.6 Å². The summed E-state index contributed by atoms with van der Waals surface area (Å²) in [7, 11) is 1.90. The van der Waals surface area contributed by atoms with Gasteiger partial charge >= 0.3 is 0 Å². The van der Waals surface area contributed by atoms with Gasteiger partial charge in [0.2, 0.25) is 5.91 Å². The second-order valence-electron chi connectivity index (χ2n) is 9.77. The molecule has 3 aliphatic heterocycles. The average molecular weight is 491 g/mol. The molecule has 1 saturated heterocycles. The minimum absolute atomic E-state index is 0.0249. The van der Waals surface area contributed by atoms with Crippen LogP contribution in [0.3, 0.4) is 0 Å². The molecule has 1 aromatic heterocycles. The number of rotatable bonds is 5. The molecule has 0 saturated carbocycles. The van der Waals surface area contributed by atoms with Crippen molar-refractivity contribution in [3.63, 3.8) is 0 Å². The molecule has 1 fully saturated rings. The standard InChI is InChI=1S/C27H34N6O3/c1-18(35)32-9-6-25(30-22-8-12-36-17-22)24(16-32)27(28)33-10-5-19(7-11-34)23-13-20(3-4-26(23)33)21-14-29-31(2)15-21/h3-4,7,11,13-15,19,22,28,30,34H,5-6,8-10,12,16-17H2,1-2H3/b11-7+,28-27?/t19?,22-/m0/s1. The van der Waals surface area contributed by atoms with Crippen LogP contribution in [0.5, 0.6) is 0 Å². The molecule has 2 atom stereocenters. The fraction of sp³-hybridized carbons (Fsp3) is 0.444. The van der Waals surface area contributed by atoms with Gasteiger partial charge in [0.25, 0.3) is 0 Å². The van der Waals surface area contributed by atoms with Crippen LogP contribution in [0.4, 0.5) is 5.69 Å². The van der Waals surface area contributed by atoms with E-state index in [2.05, 4.69) is 33.5 Å². The Morgan fingerprint density at radius 1 is 1.28 bits per heavy atom. The van der Waals surface area contributed by atoms with E-state index in [1.165, 1.54) is 0 Å². The number of carbonyl (C=O) groups excluding carboxylic acids is 1. The molecule has 9 nitrogen and oxygen atoms in total. The van der Waals surface area contributed by atoms with Gasteiger partial charge in [-0.15, -0.1) is 0 Å². The van der Waals surface area contributed by atoms with Gasteiger partial charge in [-0.3, -0.25) is 14.9 Å². The van der Waals surface area contributed by atoms with Crippen LogP contribution >= 0.6 is 0 Å². The molecule has 190 valence electrons. The Morgan fingerprint density at radius 2 is 2.14 bits per heavy atom. The molecule has 1 aromatic carbocycles. The van der Waals surface area contributed by atoms with E-state index in [1.807, 2.05) is 30.4 Å². The summed E-state index contributed by atoms with van der Waals surface area (Å²) in [6.45, 7) is 4.72. The minimum atomic E-state index is 0.0249. The number of fused-ring (bicyclic) bond motifs is 1. The highest BCUT2D eigenvalue weighted by Gasteiger charge is 2.32. The summed E-state index contributed by atoms with van der Waals surface area (Å²) >= 11 is 0. The second kappa shape index (κ2) is 10.2. The first-order chi connectivity index (χ1) is 17.4. The first kappa shape index (κ1) is 24.1. The van der Waals surface area contributed by atoms with E-state index in [0.29, 0.717) is 38.5 Å². The SMILES string of the molecule is CC(=O)N1CCC(N[C@H]2CCOC2)=C(C(=N)N2CCC(/C=C/O)c3cc(-c4cnn(C)c4)ccc32)C1. The summed E-state index contributed by atoms with van der Waals surface area (Å²) in [6, 6.07) is 6.50. The van der Waals surface area contributed by atoms with Gasteiger partial charge < -0.3 is 25.0 Å². The number of nitrogens with one attached hydrogen (secondary N) is 2. The Bertz CT molecular complexity index is 1210. The third-order valence-corrected chi connectivity index (χ3v) is 7.39. The zero-order chi connectivity index (χ0) is 25.2. The Labute approximate surface area is 211 Å². The molecule has 0 aliphatic carbocycles. The number of amides is 1. The molecule has 0 bridgehead atoms. The van der Waals surface area contributed by atoms with Gasteiger partial charge in [-0.25, -0.2) is 0 Å². The van der Waals surface area contributed by atoms with Gasteiger partial charge in [-0.1, -0.05) is 6.07 Å². The molecule has 2 aromatic rings. The van der Waals surface area contributed by atoms with Gasteiger partial charge in [0.05, 0.1) is 31.7 Å². The van der Waals surface area contributed by atoms with Crippen molar-refractivity contribution >= 4 is 17.4 Å². The van der Waals surface area contributed by atoms with Crippen molar-refractivity contribution in [2.75, 3.05) is 37.7 Å². The van der Waals surface area contributed by atoms with Crippen LogP contribution in [0.2, 0.25) is 0 Å². The molecule has 0 radical (unpaired) electrons. The number of anilines is 1. The molecule has 5 rings (SSSR count). The fourth-order valence-electron chi connectivity index (χ4n) is 5.39. The number of nitrogens with zero attached hydrogens (tertiary/aromatic N) is 4. The van der Waals surface area contributed by atoms with Crippen molar-refractivity contribution in [2.24, 2.45) is 7.05 Å². The number of benzene rings is 1. The molecule has 4 heterocycles. The summed E-state index contributed by atoms with van der Waals surface area (Å²) in [5.74, 6) is 0.494. The van der Waals surface area contributed by atoms with E-state index in [0.717, 1.165) is 59.4 Å². The van der Waals surface area contributed by atoms with E-state index >= 15 is 0 Å². The Balaban J connectivity index is 1.51. The van der Waals surface area contributed by atoms with Gasteiger partial charge in [0.1, 0.15) is 5.84 Å². The summed E-state index contributed by atoms with van der Waals surface area (Å²) in [5.41, 5.74) is 6.00. The van der Waals surface area contributed by atoms with E-state index in [1.54, 1.807) is 11.6 Å². The van der Waals surface area contributed by atoms with Crippen LogP contribution < -0.4 is 10.2 Å². The second-order valence-corrected chi connectivity index (χ2v) is 9.77. The van der Waals surface area contributed by atoms with Crippen LogP contribution in [0, 0.1) is 5.41 Å². The topological polar surface area (TPSA) is 107 Å². The highest BCUT2D eigenvalue weighted by atomic mass is 16.5. The smallest absolute Gasteiger partial charge is 0.219 e. The number of allylic oxidation sites excluding steroid dienone is 1. The Morgan fingerprint density at radius 3 is 2.83 bits per heavy atom. The maximum atomic E-state index is 12.2. The fourth-order valence-corrected chi connectivity index (χ4v) is 5.39. The lowest BCUT2D eigenvalue weighted by molar-refractivity contribution is -0.128. The largest absolute Gasteiger partial charge is 0.516 e. The van der Waals surface area contributed by atoms with Crippen molar-refractivity contribution in [3.05, 3.63) is 59.8 Å². The number of aromatic nitrogens is 2. The summed E-state index contributed by atoms with van der Waals surface area (Å²) in [6.07, 6.45) is 9.17. The van der Waals surface area contributed by atoms with Crippen LogP contribution in [0.1, 0.15) is 37.7 Å². The number of hydrogen-bond acceptors (Lipinski definition) is 6. The number of aryl methyl sites for hydroxylation is 1. The van der Waals surface area contributed by atoms with Gasteiger partial charge in [-0.2, -0.15) is 5.10 Å². The molecule has 3 N–H and O–H groups in total. The number of hydrogen-bond donors (Lipinski definition) is 3. The third kappa shape index (κ3) is 4.75. The van der Waals surface area contributed by atoms with Crippen LogP contribution in [0.25, 0.3) is 11.1 Å².